The van der Waals surface area contributed by atoms with Crippen molar-refractivity contribution in [1.29, 1.82) is 0 Å². The number of fused-ring (bicyclic) bond motifs is 1. The van der Waals surface area contributed by atoms with E-state index in [9.17, 15) is 9.59 Å². The molecule has 0 fully saturated rings. The van der Waals surface area contributed by atoms with Crippen LogP contribution in [-0.2, 0) is 4.79 Å². The molecule has 28 heavy (non-hydrogen) atoms. The van der Waals surface area contributed by atoms with Crippen LogP contribution in [0.3, 0.4) is 0 Å². The van der Waals surface area contributed by atoms with Gasteiger partial charge < -0.3 is 5.32 Å². The van der Waals surface area contributed by atoms with Gasteiger partial charge in [0.15, 0.2) is 0 Å². The van der Waals surface area contributed by atoms with E-state index < -0.39 is 6.04 Å². The number of nitrogens with zero attached hydrogens (tertiary/aromatic N) is 2. The van der Waals surface area contributed by atoms with Crippen LogP contribution in [0.1, 0.15) is 18.5 Å². The van der Waals surface area contributed by atoms with Crippen molar-refractivity contribution in [3.05, 3.63) is 82.2 Å². The topological polar surface area (TPSA) is 64.0 Å². The Kier molecular flexibility index (Phi) is 4.79. The third-order valence-corrected chi connectivity index (χ3v) is 5.69. The highest BCUT2D eigenvalue weighted by Gasteiger charge is 2.20. The molecule has 4 rings (SSSR count). The van der Waals surface area contributed by atoms with Gasteiger partial charge in [0.1, 0.15) is 10.9 Å². The van der Waals surface area contributed by atoms with Crippen molar-refractivity contribution in [2.45, 2.75) is 19.9 Å². The number of benzene rings is 2. The molecule has 2 heterocycles. The summed E-state index contributed by atoms with van der Waals surface area (Å²) in [4.78, 5) is 31.0. The monoisotopic (exact) mass is 389 g/mol. The van der Waals surface area contributed by atoms with Crippen molar-refractivity contribution in [3.63, 3.8) is 0 Å². The maximum absolute atomic E-state index is 13.2. The molecule has 4 aromatic rings. The van der Waals surface area contributed by atoms with Crippen molar-refractivity contribution in [2.75, 3.05) is 5.32 Å². The summed E-state index contributed by atoms with van der Waals surface area (Å²) in [7, 11) is 0. The van der Waals surface area contributed by atoms with E-state index in [2.05, 4.69) is 10.3 Å². The molecule has 2 aromatic heterocycles. The van der Waals surface area contributed by atoms with E-state index in [1.54, 1.807) is 6.92 Å². The Morgan fingerprint density at radius 2 is 1.82 bits per heavy atom. The SMILES string of the molecule is Cc1ccccc1NC(=O)C(C)n1cnc2scc(-c3ccccc3)c2c1=O. The molecule has 0 saturated heterocycles. The lowest BCUT2D eigenvalue weighted by Crippen LogP contribution is -2.31. The maximum Gasteiger partial charge on any atom is 0.263 e. The van der Waals surface area contributed by atoms with Gasteiger partial charge in [0.05, 0.1) is 11.7 Å². The summed E-state index contributed by atoms with van der Waals surface area (Å²) in [5.74, 6) is -0.256. The summed E-state index contributed by atoms with van der Waals surface area (Å²) in [6.45, 7) is 3.63. The van der Waals surface area contributed by atoms with Crippen LogP contribution in [0.4, 0.5) is 5.69 Å². The fourth-order valence-corrected chi connectivity index (χ4v) is 4.03. The van der Waals surface area contributed by atoms with Gasteiger partial charge in [-0.3, -0.25) is 14.2 Å². The Hall–Kier alpha value is -3.25. The third kappa shape index (κ3) is 3.23. The first-order valence-corrected chi connectivity index (χ1v) is 9.84. The van der Waals surface area contributed by atoms with Crippen LogP contribution in [0.25, 0.3) is 21.3 Å². The highest BCUT2D eigenvalue weighted by molar-refractivity contribution is 7.17. The van der Waals surface area contributed by atoms with Gasteiger partial charge in [0, 0.05) is 16.6 Å². The van der Waals surface area contributed by atoms with Crippen LogP contribution in [-0.4, -0.2) is 15.5 Å². The molecule has 0 saturated carbocycles. The van der Waals surface area contributed by atoms with E-state index in [1.807, 2.05) is 66.9 Å². The fraction of sp³-hybridized carbons (Fsp3) is 0.136. The summed E-state index contributed by atoms with van der Waals surface area (Å²) in [6, 6.07) is 16.6. The number of thiophene rings is 1. The van der Waals surface area contributed by atoms with Crippen molar-refractivity contribution in [1.82, 2.24) is 9.55 Å². The predicted octanol–water partition coefficient (Wildman–Crippen LogP) is 4.63. The van der Waals surface area contributed by atoms with E-state index in [1.165, 1.54) is 22.2 Å². The zero-order valence-electron chi connectivity index (χ0n) is 15.5. The van der Waals surface area contributed by atoms with Crippen molar-refractivity contribution < 1.29 is 4.79 Å². The Balaban J connectivity index is 1.73. The molecule has 1 N–H and O–H groups in total. The van der Waals surface area contributed by atoms with Crippen LogP contribution in [0.5, 0.6) is 0 Å². The van der Waals surface area contributed by atoms with Gasteiger partial charge in [-0.05, 0) is 31.0 Å². The lowest BCUT2D eigenvalue weighted by molar-refractivity contribution is -0.118. The Morgan fingerprint density at radius 1 is 1.11 bits per heavy atom. The summed E-state index contributed by atoms with van der Waals surface area (Å²) in [5.41, 5.74) is 3.30. The van der Waals surface area contributed by atoms with Crippen molar-refractivity contribution in [2.24, 2.45) is 0 Å². The van der Waals surface area contributed by atoms with Gasteiger partial charge >= 0.3 is 0 Å². The molecular weight excluding hydrogens is 370 g/mol. The van der Waals surface area contributed by atoms with Crippen LogP contribution in [0.2, 0.25) is 0 Å². The minimum absolute atomic E-state index is 0.211. The van der Waals surface area contributed by atoms with Crippen molar-refractivity contribution in [3.8, 4) is 11.1 Å². The largest absolute Gasteiger partial charge is 0.324 e. The third-order valence-electron chi connectivity index (χ3n) is 4.80. The van der Waals surface area contributed by atoms with Gasteiger partial charge in [-0.15, -0.1) is 11.3 Å². The van der Waals surface area contributed by atoms with Gasteiger partial charge in [-0.25, -0.2) is 4.98 Å². The minimum atomic E-state index is -0.687. The minimum Gasteiger partial charge on any atom is -0.324 e. The van der Waals surface area contributed by atoms with E-state index in [-0.39, 0.29) is 11.5 Å². The Morgan fingerprint density at radius 3 is 2.57 bits per heavy atom. The molecule has 2 aromatic carbocycles. The van der Waals surface area contributed by atoms with Crippen molar-refractivity contribution >= 4 is 33.1 Å². The van der Waals surface area contributed by atoms with Crippen LogP contribution in [0.15, 0.2) is 71.1 Å². The highest BCUT2D eigenvalue weighted by atomic mass is 32.1. The Bertz CT molecular complexity index is 1210. The number of aryl methyl sites for hydroxylation is 1. The van der Waals surface area contributed by atoms with E-state index in [4.69, 9.17) is 0 Å². The maximum atomic E-state index is 13.2. The standard InChI is InChI=1S/C22H19N3O2S/c1-14-8-6-7-11-18(14)24-20(26)15(2)25-13-23-21-19(22(25)27)17(12-28-21)16-9-4-3-5-10-16/h3-13,15H,1-2H3,(H,24,26). The zero-order valence-corrected chi connectivity index (χ0v) is 16.4. The molecule has 6 heteroatoms. The molecule has 1 unspecified atom stereocenters. The van der Waals surface area contributed by atoms with Gasteiger partial charge in [0.25, 0.3) is 5.56 Å². The molecule has 1 amide bonds. The number of amides is 1. The predicted molar refractivity (Wildman–Crippen MR) is 114 cm³/mol. The van der Waals surface area contributed by atoms with E-state index in [0.717, 1.165) is 22.4 Å². The van der Waals surface area contributed by atoms with Crippen LogP contribution >= 0.6 is 11.3 Å². The summed E-state index contributed by atoms with van der Waals surface area (Å²) in [6.07, 6.45) is 1.46. The van der Waals surface area contributed by atoms with Gasteiger partial charge in [-0.2, -0.15) is 0 Å². The number of para-hydroxylation sites is 1. The normalized spacial score (nSPS) is 12.1. The van der Waals surface area contributed by atoms with Gasteiger partial charge in [-0.1, -0.05) is 48.5 Å². The second kappa shape index (κ2) is 7.40. The smallest absolute Gasteiger partial charge is 0.263 e. The lowest BCUT2D eigenvalue weighted by Gasteiger charge is -2.16. The second-order valence-corrected chi connectivity index (χ2v) is 7.49. The van der Waals surface area contributed by atoms with Crippen LogP contribution in [0, 0.1) is 6.92 Å². The second-order valence-electron chi connectivity index (χ2n) is 6.63. The lowest BCUT2D eigenvalue weighted by atomic mass is 10.1. The first kappa shape index (κ1) is 18.1. The first-order chi connectivity index (χ1) is 13.6. The number of hydrogen-bond acceptors (Lipinski definition) is 4. The fourth-order valence-electron chi connectivity index (χ4n) is 3.13. The molecule has 0 aliphatic heterocycles. The average Bonchev–Trinajstić information content (AvgIpc) is 3.15. The molecule has 0 radical (unpaired) electrons. The molecular formula is C22H19N3O2S. The molecule has 0 aliphatic carbocycles. The molecule has 5 nitrogen and oxygen atoms in total. The quantitative estimate of drug-likeness (QED) is 0.553. The zero-order chi connectivity index (χ0) is 19.7. The van der Waals surface area contributed by atoms with Crippen LogP contribution < -0.4 is 10.9 Å². The number of hydrogen-bond donors (Lipinski definition) is 1. The number of aromatic nitrogens is 2. The first-order valence-electron chi connectivity index (χ1n) is 8.96. The highest BCUT2D eigenvalue weighted by Crippen LogP contribution is 2.30. The van der Waals surface area contributed by atoms with Gasteiger partial charge in [0.2, 0.25) is 5.91 Å². The molecule has 0 spiro atoms. The summed E-state index contributed by atoms with van der Waals surface area (Å²) < 4.78 is 1.40. The summed E-state index contributed by atoms with van der Waals surface area (Å²) >= 11 is 1.43. The average molecular weight is 389 g/mol. The Labute approximate surface area is 166 Å². The molecule has 0 bridgehead atoms. The number of carbonyl (C=O) groups is 1. The van der Waals surface area contributed by atoms with E-state index >= 15 is 0 Å². The molecule has 0 aliphatic rings. The number of anilines is 1. The molecule has 1 atom stereocenters. The number of rotatable bonds is 4. The number of nitrogens with one attached hydrogen (secondary N) is 1. The molecule has 140 valence electrons. The number of carbonyl (C=O) groups excluding carboxylic acids is 1. The summed E-state index contributed by atoms with van der Waals surface area (Å²) in [5, 5.41) is 5.39. The van der Waals surface area contributed by atoms with E-state index in [0.29, 0.717) is 10.2 Å².